The number of rotatable bonds is 5. The fourth-order valence-corrected chi connectivity index (χ4v) is 2.61. The number of halogens is 3. The van der Waals surface area contributed by atoms with Gasteiger partial charge in [0.05, 0.1) is 5.56 Å². The third-order valence-corrected chi connectivity index (χ3v) is 3.95. The highest BCUT2D eigenvalue weighted by atomic mass is 19.4. The monoisotopic (exact) mass is 401 g/mol. The summed E-state index contributed by atoms with van der Waals surface area (Å²) in [6, 6.07) is 13.4. The maximum absolute atomic E-state index is 12.7. The van der Waals surface area contributed by atoms with E-state index in [-0.39, 0.29) is 24.2 Å². The average Bonchev–Trinajstić information content (AvgIpc) is 2.65. The number of nitrogens with zero attached hydrogens (tertiary/aromatic N) is 2. The summed E-state index contributed by atoms with van der Waals surface area (Å²) in [5.41, 5.74) is 1.89. The third kappa shape index (κ3) is 5.54. The molecule has 0 unspecified atom stereocenters. The molecule has 29 heavy (non-hydrogen) atoms. The second-order valence-electron chi connectivity index (χ2n) is 6.45. The van der Waals surface area contributed by atoms with E-state index in [1.807, 2.05) is 25.1 Å². The molecule has 8 heteroatoms. The molecule has 5 nitrogen and oxygen atoms in total. The zero-order chi connectivity index (χ0) is 21.0. The van der Waals surface area contributed by atoms with Crippen LogP contribution in [0.25, 0.3) is 11.4 Å². The van der Waals surface area contributed by atoms with Gasteiger partial charge in [-0.05, 0) is 43.7 Å². The normalized spacial score (nSPS) is 11.2. The van der Waals surface area contributed by atoms with Crippen molar-refractivity contribution in [1.82, 2.24) is 9.97 Å². The number of hydrogen-bond donors (Lipinski definition) is 1. The Balaban J connectivity index is 1.69. The molecule has 0 saturated carbocycles. The lowest BCUT2D eigenvalue weighted by atomic mass is 10.1. The number of amides is 1. The molecule has 3 aromatic rings. The van der Waals surface area contributed by atoms with Gasteiger partial charge in [-0.25, -0.2) is 4.98 Å². The standard InChI is InChI=1S/C21H18F3N3O2/c1-13-4-3-5-17(10-13)26-18(28)12-29-19-11-14(2)25-20(27-19)15-6-8-16(9-7-15)21(22,23)24/h3-11H,12H2,1-2H3,(H,26,28). The third-order valence-electron chi connectivity index (χ3n) is 3.95. The van der Waals surface area contributed by atoms with Crippen LogP contribution in [0.5, 0.6) is 5.88 Å². The van der Waals surface area contributed by atoms with Gasteiger partial charge >= 0.3 is 6.18 Å². The highest BCUT2D eigenvalue weighted by Gasteiger charge is 2.30. The predicted octanol–water partition coefficient (Wildman–Crippen LogP) is 4.80. The quantitative estimate of drug-likeness (QED) is 0.667. The summed E-state index contributed by atoms with van der Waals surface area (Å²) in [5, 5.41) is 2.72. The van der Waals surface area contributed by atoms with E-state index in [2.05, 4.69) is 15.3 Å². The molecular formula is C21H18F3N3O2. The highest BCUT2D eigenvalue weighted by molar-refractivity contribution is 5.91. The van der Waals surface area contributed by atoms with E-state index in [1.165, 1.54) is 12.1 Å². The molecule has 0 saturated heterocycles. The highest BCUT2D eigenvalue weighted by Crippen LogP contribution is 2.30. The van der Waals surface area contributed by atoms with Crippen molar-refractivity contribution in [3.8, 4) is 17.3 Å². The first-order valence-electron chi connectivity index (χ1n) is 8.73. The molecule has 0 atom stereocenters. The van der Waals surface area contributed by atoms with Gasteiger partial charge in [0.1, 0.15) is 0 Å². The van der Waals surface area contributed by atoms with Gasteiger partial charge in [0, 0.05) is 23.0 Å². The van der Waals surface area contributed by atoms with Crippen LogP contribution in [0.4, 0.5) is 18.9 Å². The number of ether oxygens (including phenoxy) is 1. The summed E-state index contributed by atoms with van der Waals surface area (Å²) in [5.74, 6) is 0.0163. The summed E-state index contributed by atoms with van der Waals surface area (Å²) < 4.78 is 43.6. The lowest BCUT2D eigenvalue weighted by molar-refractivity contribution is -0.137. The van der Waals surface area contributed by atoms with Gasteiger partial charge in [-0.3, -0.25) is 4.79 Å². The van der Waals surface area contributed by atoms with Crippen LogP contribution < -0.4 is 10.1 Å². The zero-order valence-electron chi connectivity index (χ0n) is 15.7. The minimum atomic E-state index is -4.41. The van der Waals surface area contributed by atoms with E-state index in [1.54, 1.807) is 19.1 Å². The maximum Gasteiger partial charge on any atom is 0.416 e. The Bertz CT molecular complexity index is 1020. The Labute approximate surface area is 165 Å². The van der Waals surface area contributed by atoms with Gasteiger partial charge in [0.15, 0.2) is 12.4 Å². The summed E-state index contributed by atoms with van der Waals surface area (Å²) in [6.45, 7) is 3.35. The lowest BCUT2D eigenvalue weighted by Gasteiger charge is -2.10. The molecule has 3 rings (SSSR count). The molecule has 0 radical (unpaired) electrons. The van der Waals surface area contributed by atoms with Gasteiger partial charge in [0.2, 0.25) is 5.88 Å². The van der Waals surface area contributed by atoms with E-state index in [4.69, 9.17) is 4.74 Å². The number of carbonyl (C=O) groups is 1. The van der Waals surface area contributed by atoms with E-state index in [9.17, 15) is 18.0 Å². The van der Waals surface area contributed by atoms with Crippen molar-refractivity contribution < 1.29 is 22.7 Å². The van der Waals surface area contributed by atoms with Crippen molar-refractivity contribution in [2.24, 2.45) is 0 Å². The second kappa shape index (κ2) is 8.30. The van der Waals surface area contributed by atoms with Crippen molar-refractivity contribution >= 4 is 11.6 Å². The molecule has 0 aliphatic heterocycles. The van der Waals surface area contributed by atoms with Crippen LogP contribution >= 0.6 is 0 Å². The van der Waals surface area contributed by atoms with E-state index >= 15 is 0 Å². The number of benzene rings is 2. The molecule has 0 bridgehead atoms. The molecule has 1 heterocycles. The Morgan fingerprint density at radius 3 is 2.41 bits per heavy atom. The Kier molecular flexibility index (Phi) is 5.81. The van der Waals surface area contributed by atoms with Gasteiger partial charge in [0.25, 0.3) is 5.91 Å². The molecule has 0 aliphatic carbocycles. The zero-order valence-corrected chi connectivity index (χ0v) is 15.7. The van der Waals surface area contributed by atoms with Crippen molar-refractivity contribution in [2.75, 3.05) is 11.9 Å². The number of carbonyl (C=O) groups excluding carboxylic acids is 1. The Morgan fingerprint density at radius 2 is 1.76 bits per heavy atom. The number of nitrogens with one attached hydrogen (secondary N) is 1. The van der Waals surface area contributed by atoms with Crippen LogP contribution in [0.3, 0.4) is 0 Å². The summed E-state index contributed by atoms with van der Waals surface area (Å²) in [4.78, 5) is 20.5. The molecule has 150 valence electrons. The van der Waals surface area contributed by atoms with E-state index in [0.29, 0.717) is 16.9 Å². The first kappa shape index (κ1) is 20.3. The molecule has 1 N–H and O–H groups in total. The predicted molar refractivity (Wildman–Crippen MR) is 103 cm³/mol. The largest absolute Gasteiger partial charge is 0.467 e. The molecule has 0 fully saturated rings. The van der Waals surface area contributed by atoms with Gasteiger partial charge in [-0.15, -0.1) is 0 Å². The molecule has 1 amide bonds. The fraction of sp³-hybridized carbons (Fsp3) is 0.190. The summed E-state index contributed by atoms with van der Waals surface area (Å²) in [6.07, 6.45) is -4.41. The summed E-state index contributed by atoms with van der Waals surface area (Å²) >= 11 is 0. The summed E-state index contributed by atoms with van der Waals surface area (Å²) in [7, 11) is 0. The smallest absolute Gasteiger partial charge is 0.416 e. The number of aryl methyl sites for hydroxylation is 2. The van der Waals surface area contributed by atoms with Crippen LogP contribution in [-0.4, -0.2) is 22.5 Å². The van der Waals surface area contributed by atoms with Crippen molar-refractivity contribution in [3.63, 3.8) is 0 Å². The maximum atomic E-state index is 12.7. The fourth-order valence-electron chi connectivity index (χ4n) is 2.61. The van der Waals surface area contributed by atoms with Crippen molar-refractivity contribution in [1.29, 1.82) is 0 Å². The van der Waals surface area contributed by atoms with Crippen LogP contribution in [0, 0.1) is 13.8 Å². The second-order valence-corrected chi connectivity index (χ2v) is 6.45. The van der Waals surface area contributed by atoms with Gasteiger partial charge in [-0.1, -0.05) is 24.3 Å². The topological polar surface area (TPSA) is 64.1 Å². The molecule has 0 aliphatic rings. The van der Waals surface area contributed by atoms with E-state index < -0.39 is 11.7 Å². The number of anilines is 1. The molecular weight excluding hydrogens is 383 g/mol. The van der Waals surface area contributed by atoms with Gasteiger partial charge in [-0.2, -0.15) is 18.2 Å². The average molecular weight is 401 g/mol. The van der Waals surface area contributed by atoms with Crippen LogP contribution in [0.15, 0.2) is 54.6 Å². The first-order chi connectivity index (χ1) is 13.7. The van der Waals surface area contributed by atoms with Crippen LogP contribution in [0.2, 0.25) is 0 Å². The van der Waals surface area contributed by atoms with Crippen molar-refractivity contribution in [2.45, 2.75) is 20.0 Å². The number of alkyl halides is 3. The molecule has 1 aromatic heterocycles. The Morgan fingerprint density at radius 1 is 1.03 bits per heavy atom. The number of aromatic nitrogens is 2. The Hall–Kier alpha value is -3.42. The van der Waals surface area contributed by atoms with Gasteiger partial charge < -0.3 is 10.1 Å². The lowest BCUT2D eigenvalue weighted by Crippen LogP contribution is -2.20. The minimum absolute atomic E-state index is 0.159. The first-order valence-corrected chi connectivity index (χ1v) is 8.73. The molecule has 0 spiro atoms. The van der Waals surface area contributed by atoms with Crippen LogP contribution in [0.1, 0.15) is 16.8 Å². The SMILES string of the molecule is Cc1cccc(NC(=O)COc2cc(C)nc(-c3ccc(C(F)(F)F)cc3)n2)c1. The minimum Gasteiger partial charge on any atom is -0.467 e. The van der Waals surface area contributed by atoms with Crippen LogP contribution in [-0.2, 0) is 11.0 Å². The molecule has 2 aromatic carbocycles. The van der Waals surface area contributed by atoms with Crippen molar-refractivity contribution in [3.05, 3.63) is 71.4 Å². The van der Waals surface area contributed by atoms with E-state index in [0.717, 1.165) is 17.7 Å². The number of hydrogen-bond acceptors (Lipinski definition) is 4.